The second-order valence-electron chi connectivity index (χ2n) is 8.62. The Kier molecular flexibility index (Phi) is 6.66. The van der Waals surface area contributed by atoms with Gasteiger partial charge in [-0.25, -0.2) is 0 Å². The van der Waals surface area contributed by atoms with Gasteiger partial charge in [-0.1, -0.05) is 41.9 Å². The number of nitrogens with one attached hydrogen (secondary N) is 2. The second kappa shape index (κ2) is 10.2. The summed E-state index contributed by atoms with van der Waals surface area (Å²) in [7, 11) is 0. The highest BCUT2D eigenvalue weighted by atomic mass is 35.5. The van der Waals surface area contributed by atoms with E-state index in [4.69, 9.17) is 20.4 Å². The van der Waals surface area contributed by atoms with E-state index in [1.807, 2.05) is 62.4 Å². The standard InChI is InChI=1S/C30H23ClN2O4/c1-18-7-8-21(16-24(18)31)27-13-10-23(36-27)11-14-29(34)32-22-9-12-25(19(2)15-22)33-30(35)28-17-20-5-3-4-6-26(20)37-28/h3-17H,1-2H3,(H,32,34)(H,33,35)/b14-11+. The molecule has 6 nitrogen and oxygen atoms in total. The first-order valence-electron chi connectivity index (χ1n) is 11.6. The maximum Gasteiger partial charge on any atom is 0.291 e. The van der Waals surface area contributed by atoms with Gasteiger partial charge in [0.2, 0.25) is 5.91 Å². The Hall–Kier alpha value is -4.55. The quantitative estimate of drug-likeness (QED) is 0.228. The van der Waals surface area contributed by atoms with Crippen molar-refractivity contribution in [1.29, 1.82) is 0 Å². The number of benzene rings is 3. The predicted molar refractivity (Wildman–Crippen MR) is 147 cm³/mol. The highest BCUT2D eigenvalue weighted by molar-refractivity contribution is 6.31. The zero-order chi connectivity index (χ0) is 25.9. The van der Waals surface area contributed by atoms with E-state index in [1.165, 1.54) is 6.08 Å². The topological polar surface area (TPSA) is 84.5 Å². The van der Waals surface area contributed by atoms with Gasteiger partial charge in [-0.2, -0.15) is 0 Å². The Morgan fingerprint density at radius 1 is 0.838 bits per heavy atom. The van der Waals surface area contributed by atoms with Crippen molar-refractivity contribution >= 4 is 51.8 Å². The molecule has 0 aliphatic rings. The summed E-state index contributed by atoms with van der Waals surface area (Å²) in [5.74, 6) is 0.786. The number of furan rings is 2. The maximum absolute atomic E-state index is 12.6. The van der Waals surface area contributed by atoms with Crippen molar-refractivity contribution in [2.24, 2.45) is 0 Å². The molecule has 7 heteroatoms. The average molecular weight is 511 g/mol. The first-order valence-corrected chi connectivity index (χ1v) is 12.0. The monoisotopic (exact) mass is 510 g/mol. The van der Waals surface area contributed by atoms with E-state index in [-0.39, 0.29) is 17.6 Å². The summed E-state index contributed by atoms with van der Waals surface area (Å²) in [6.07, 6.45) is 3.00. The summed E-state index contributed by atoms with van der Waals surface area (Å²) in [5.41, 5.74) is 4.52. The number of anilines is 2. The van der Waals surface area contributed by atoms with Gasteiger partial charge in [0.25, 0.3) is 5.91 Å². The van der Waals surface area contributed by atoms with Crippen LogP contribution in [0.15, 0.2) is 93.8 Å². The van der Waals surface area contributed by atoms with Crippen molar-refractivity contribution in [1.82, 2.24) is 0 Å². The molecule has 37 heavy (non-hydrogen) atoms. The highest BCUT2D eigenvalue weighted by Gasteiger charge is 2.14. The van der Waals surface area contributed by atoms with Gasteiger partial charge >= 0.3 is 0 Å². The number of para-hydroxylation sites is 1. The Bertz CT molecular complexity index is 1630. The lowest BCUT2D eigenvalue weighted by Gasteiger charge is -2.09. The number of halogens is 1. The van der Waals surface area contributed by atoms with Crippen molar-refractivity contribution in [3.63, 3.8) is 0 Å². The molecular formula is C30H23ClN2O4. The smallest absolute Gasteiger partial charge is 0.291 e. The molecule has 2 amide bonds. The maximum atomic E-state index is 12.6. The van der Waals surface area contributed by atoms with Crippen LogP contribution in [0.1, 0.15) is 27.4 Å². The van der Waals surface area contributed by atoms with Gasteiger partial charge in [0.05, 0.1) is 0 Å². The molecule has 0 aliphatic heterocycles. The van der Waals surface area contributed by atoms with E-state index in [0.717, 1.165) is 22.1 Å². The van der Waals surface area contributed by atoms with Gasteiger partial charge < -0.3 is 19.5 Å². The van der Waals surface area contributed by atoms with E-state index in [0.29, 0.717) is 33.5 Å². The molecule has 2 heterocycles. The van der Waals surface area contributed by atoms with Crippen molar-refractivity contribution in [2.45, 2.75) is 13.8 Å². The predicted octanol–water partition coefficient (Wildman–Crippen LogP) is 7.87. The first-order chi connectivity index (χ1) is 17.9. The van der Waals surface area contributed by atoms with E-state index in [2.05, 4.69) is 10.6 Å². The molecule has 0 fully saturated rings. The summed E-state index contributed by atoms with van der Waals surface area (Å²) >= 11 is 6.21. The number of amides is 2. The molecule has 184 valence electrons. The molecule has 3 aromatic carbocycles. The fraction of sp³-hybridized carbons (Fsp3) is 0.0667. The van der Waals surface area contributed by atoms with Gasteiger partial charge in [-0.3, -0.25) is 9.59 Å². The number of hydrogen-bond donors (Lipinski definition) is 2. The normalized spacial score (nSPS) is 11.2. The Labute approximate surface area is 218 Å². The third-order valence-electron chi connectivity index (χ3n) is 5.87. The average Bonchev–Trinajstić information content (AvgIpc) is 3.53. The summed E-state index contributed by atoms with van der Waals surface area (Å²) in [4.78, 5) is 25.1. The number of carbonyl (C=O) groups excluding carboxylic acids is 2. The molecule has 0 atom stereocenters. The summed E-state index contributed by atoms with van der Waals surface area (Å²) in [6, 6.07) is 23.7. The lowest BCUT2D eigenvalue weighted by molar-refractivity contribution is -0.111. The molecule has 0 spiro atoms. The van der Waals surface area contributed by atoms with Crippen LogP contribution in [-0.4, -0.2) is 11.8 Å². The number of rotatable bonds is 6. The van der Waals surface area contributed by atoms with Crippen LogP contribution in [0.3, 0.4) is 0 Å². The van der Waals surface area contributed by atoms with E-state index < -0.39 is 0 Å². The molecule has 5 aromatic rings. The SMILES string of the molecule is Cc1ccc(-c2ccc(/C=C/C(=O)Nc3ccc(NC(=O)c4cc5ccccc5o4)c(C)c3)o2)cc1Cl. The Morgan fingerprint density at radius 3 is 2.46 bits per heavy atom. The second-order valence-corrected chi connectivity index (χ2v) is 9.03. The van der Waals surface area contributed by atoms with Crippen LogP contribution in [0.4, 0.5) is 11.4 Å². The molecule has 0 unspecified atom stereocenters. The summed E-state index contributed by atoms with van der Waals surface area (Å²) in [5, 5.41) is 7.21. The Balaban J connectivity index is 1.21. The van der Waals surface area contributed by atoms with Crippen LogP contribution < -0.4 is 10.6 Å². The molecule has 0 aliphatic carbocycles. The molecule has 0 bridgehead atoms. The van der Waals surface area contributed by atoms with Crippen molar-refractivity contribution < 1.29 is 18.4 Å². The van der Waals surface area contributed by atoms with E-state index in [1.54, 1.807) is 36.4 Å². The number of fused-ring (bicyclic) bond motifs is 1. The van der Waals surface area contributed by atoms with Gasteiger partial charge in [0.15, 0.2) is 5.76 Å². The molecular weight excluding hydrogens is 488 g/mol. The zero-order valence-electron chi connectivity index (χ0n) is 20.2. The molecule has 5 rings (SSSR count). The highest BCUT2D eigenvalue weighted by Crippen LogP contribution is 2.27. The van der Waals surface area contributed by atoms with Gasteiger partial charge in [-0.15, -0.1) is 0 Å². The molecule has 0 saturated carbocycles. The molecule has 2 aromatic heterocycles. The molecule has 2 N–H and O–H groups in total. The molecule has 0 radical (unpaired) electrons. The van der Waals surface area contributed by atoms with E-state index in [9.17, 15) is 9.59 Å². The van der Waals surface area contributed by atoms with E-state index >= 15 is 0 Å². The van der Waals surface area contributed by atoms with Crippen LogP contribution in [0.5, 0.6) is 0 Å². The fourth-order valence-electron chi connectivity index (χ4n) is 3.84. The Morgan fingerprint density at radius 2 is 1.68 bits per heavy atom. The van der Waals surface area contributed by atoms with Crippen LogP contribution in [-0.2, 0) is 4.79 Å². The number of aryl methyl sites for hydroxylation is 2. The van der Waals surface area contributed by atoms with Crippen LogP contribution in [0.25, 0.3) is 28.4 Å². The third kappa shape index (κ3) is 5.50. The first kappa shape index (κ1) is 24.2. The van der Waals surface area contributed by atoms with Gasteiger partial charge in [0, 0.05) is 33.4 Å². The minimum atomic E-state index is -0.343. The van der Waals surface area contributed by atoms with Crippen LogP contribution in [0.2, 0.25) is 5.02 Å². The fourth-order valence-corrected chi connectivity index (χ4v) is 4.03. The van der Waals surface area contributed by atoms with Crippen LogP contribution >= 0.6 is 11.6 Å². The van der Waals surface area contributed by atoms with Crippen molar-refractivity contribution in [2.75, 3.05) is 10.6 Å². The minimum absolute atomic E-state index is 0.231. The number of hydrogen-bond acceptors (Lipinski definition) is 4. The lowest BCUT2D eigenvalue weighted by atomic mass is 10.1. The summed E-state index contributed by atoms with van der Waals surface area (Å²) < 4.78 is 11.4. The lowest BCUT2D eigenvalue weighted by Crippen LogP contribution is -2.12. The summed E-state index contributed by atoms with van der Waals surface area (Å²) in [6.45, 7) is 3.79. The van der Waals surface area contributed by atoms with Crippen LogP contribution in [0, 0.1) is 13.8 Å². The molecule has 0 saturated heterocycles. The number of carbonyl (C=O) groups is 2. The van der Waals surface area contributed by atoms with Crippen molar-refractivity contribution in [3.05, 3.63) is 113 Å². The third-order valence-corrected chi connectivity index (χ3v) is 6.28. The van der Waals surface area contributed by atoms with Gasteiger partial charge in [0.1, 0.15) is 17.1 Å². The minimum Gasteiger partial charge on any atom is -0.457 e. The van der Waals surface area contributed by atoms with Gasteiger partial charge in [-0.05, 0) is 79.6 Å². The largest absolute Gasteiger partial charge is 0.457 e. The zero-order valence-corrected chi connectivity index (χ0v) is 20.9. The van der Waals surface area contributed by atoms with Crippen molar-refractivity contribution in [3.8, 4) is 11.3 Å².